The fourth-order valence-electron chi connectivity index (χ4n) is 3.16. The number of ether oxygens (including phenoxy) is 1. The van der Waals surface area contributed by atoms with Gasteiger partial charge in [0.05, 0.1) is 31.7 Å². The first-order valence-corrected chi connectivity index (χ1v) is 6.63. The highest BCUT2D eigenvalue weighted by Crippen LogP contribution is 2.31. The van der Waals surface area contributed by atoms with Crippen LogP contribution in [0.3, 0.4) is 0 Å². The second kappa shape index (κ2) is 4.06. The number of amides is 1. The van der Waals surface area contributed by atoms with Crippen LogP contribution in [0.25, 0.3) is 11.0 Å². The predicted molar refractivity (Wildman–Crippen MR) is 69.7 cm³/mol. The van der Waals surface area contributed by atoms with Crippen LogP contribution in [0.5, 0.6) is 0 Å². The van der Waals surface area contributed by atoms with E-state index in [0.29, 0.717) is 31.7 Å². The van der Waals surface area contributed by atoms with Crippen LogP contribution in [0.2, 0.25) is 0 Å². The third-order valence-corrected chi connectivity index (χ3v) is 4.12. The van der Waals surface area contributed by atoms with E-state index in [1.54, 1.807) is 6.20 Å². The zero-order valence-electron chi connectivity index (χ0n) is 10.5. The van der Waals surface area contributed by atoms with Gasteiger partial charge < -0.3 is 14.6 Å². The van der Waals surface area contributed by atoms with Gasteiger partial charge >= 0.3 is 0 Å². The van der Waals surface area contributed by atoms with Gasteiger partial charge in [-0.1, -0.05) is 0 Å². The van der Waals surface area contributed by atoms with Crippen LogP contribution in [0.4, 0.5) is 0 Å². The maximum Gasteiger partial charge on any atom is 0.227 e. The number of carbonyl (C=O) groups is 1. The van der Waals surface area contributed by atoms with E-state index in [4.69, 9.17) is 4.74 Å². The Hall–Kier alpha value is -1.88. The fraction of sp³-hybridized carbons (Fsp3) is 0.429. The van der Waals surface area contributed by atoms with Gasteiger partial charge in [-0.05, 0) is 24.1 Å². The Morgan fingerprint density at radius 2 is 2.32 bits per heavy atom. The van der Waals surface area contributed by atoms with Crippen LogP contribution in [0.1, 0.15) is 12.0 Å². The van der Waals surface area contributed by atoms with Crippen molar-refractivity contribution >= 4 is 16.9 Å². The van der Waals surface area contributed by atoms with E-state index >= 15 is 0 Å². The second-order valence-corrected chi connectivity index (χ2v) is 5.27. The standard InChI is InChI=1S/C14H15N3O2/c18-13(17-10-5-11(17)8-19-7-10)4-9-6-16-14-12(9)2-1-3-15-14/h1-3,6,10-11H,4-5,7-8H2,(H,15,16). The molecule has 2 atom stereocenters. The average Bonchev–Trinajstić information content (AvgIpc) is 2.83. The van der Waals surface area contributed by atoms with E-state index in [1.807, 2.05) is 23.2 Å². The third-order valence-electron chi connectivity index (χ3n) is 4.12. The summed E-state index contributed by atoms with van der Waals surface area (Å²) in [6.07, 6.45) is 5.18. The molecule has 2 unspecified atom stereocenters. The Labute approximate surface area is 110 Å². The molecule has 4 heterocycles. The van der Waals surface area contributed by atoms with Gasteiger partial charge in [0.2, 0.25) is 5.91 Å². The summed E-state index contributed by atoms with van der Waals surface area (Å²) in [4.78, 5) is 21.7. The second-order valence-electron chi connectivity index (χ2n) is 5.27. The zero-order chi connectivity index (χ0) is 12.8. The lowest BCUT2D eigenvalue weighted by atomic mass is 9.90. The molecule has 0 aromatic carbocycles. The molecule has 2 aromatic heterocycles. The first-order valence-electron chi connectivity index (χ1n) is 6.63. The molecule has 0 spiro atoms. The molecule has 4 rings (SSSR count). The number of fused-ring (bicyclic) bond motifs is 3. The van der Waals surface area contributed by atoms with Crippen molar-refractivity contribution < 1.29 is 9.53 Å². The summed E-state index contributed by atoms with van der Waals surface area (Å²) in [5, 5.41) is 1.04. The number of carbonyl (C=O) groups excluding carboxylic acids is 1. The van der Waals surface area contributed by atoms with Crippen molar-refractivity contribution in [3.05, 3.63) is 30.1 Å². The van der Waals surface area contributed by atoms with E-state index in [1.165, 1.54) is 0 Å². The van der Waals surface area contributed by atoms with Crippen molar-refractivity contribution in [1.82, 2.24) is 14.9 Å². The van der Waals surface area contributed by atoms with Crippen LogP contribution in [-0.4, -0.2) is 46.1 Å². The van der Waals surface area contributed by atoms with E-state index in [2.05, 4.69) is 9.97 Å². The predicted octanol–water partition coefficient (Wildman–Crippen LogP) is 1.11. The van der Waals surface area contributed by atoms with E-state index in [-0.39, 0.29) is 5.91 Å². The summed E-state index contributed by atoms with van der Waals surface area (Å²) in [6.45, 7) is 1.38. The first-order chi connectivity index (χ1) is 9.33. The van der Waals surface area contributed by atoms with Crippen LogP contribution in [0.15, 0.2) is 24.5 Å². The molecule has 19 heavy (non-hydrogen) atoms. The first kappa shape index (κ1) is 11.0. The minimum Gasteiger partial charge on any atom is -0.377 e. The topological polar surface area (TPSA) is 58.2 Å². The van der Waals surface area contributed by atoms with Crippen molar-refractivity contribution in [1.29, 1.82) is 0 Å². The van der Waals surface area contributed by atoms with Gasteiger partial charge in [-0.2, -0.15) is 0 Å². The SMILES string of the molecule is O=C(Cc1c[nH]c2ncccc12)N1C2COCC1C2. The smallest absolute Gasteiger partial charge is 0.227 e. The van der Waals surface area contributed by atoms with Crippen LogP contribution < -0.4 is 0 Å². The van der Waals surface area contributed by atoms with Crippen molar-refractivity contribution in [2.24, 2.45) is 0 Å². The number of nitrogens with zero attached hydrogens (tertiary/aromatic N) is 2. The lowest BCUT2D eigenvalue weighted by Gasteiger charge is -2.52. The molecule has 2 aliphatic heterocycles. The number of pyridine rings is 1. The fourth-order valence-corrected chi connectivity index (χ4v) is 3.16. The van der Waals surface area contributed by atoms with Crippen molar-refractivity contribution in [3.63, 3.8) is 0 Å². The summed E-state index contributed by atoms with van der Waals surface area (Å²) >= 11 is 0. The molecule has 2 saturated heterocycles. The number of hydrogen-bond acceptors (Lipinski definition) is 3. The molecule has 2 aliphatic rings. The largest absolute Gasteiger partial charge is 0.377 e. The minimum atomic E-state index is 0.203. The van der Waals surface area contributed by atoms with Crippen molar-refractivity contribution in [2.45, 2.75) is 24.9 Å². The summed E-state index contributed by atoms with van der Waals surface area (Å²) in [5.41, 5.74) is 1.87. The maximum absolute atomic E-state index is 12.4. The molecule has 5 heteroatoms. The van der Waals surface area contributed by atoms with Gasteiger partial charge in [0.1, 0.15) is 5.65 Å². The van der Waals surface area contributed by atoms with Crippen LogP contribution in [-0.2, 0) is 16.0 Å². The number of aromatic nitrogens is 2. The number of aromatic amines is 1. The van der Waals surface area contributed by atoms with Crippen molar-refractivity contribution in [2.75, 3.05) is 13.2 Å². The Morgan fingerprint density at radius 3 is 3.11 bits per heavy atom. The summed E-state index contributed by atoms with van der Waals surface area (Å²) in [6, 6.07) is 4.50. The molecule has 2 fully saturated rings. The third kappa shape index (κ3) is 1.65. The van der Waals surface area contributed by atoms with Gasteiger partial charge in [-0.15, -0.1) is 0 Å². The summed E-state index contributed by atoms with van der Waals surface area (Å²) < 4.78 is 5.41. The molecule has 0 aliphatic carbocycles. The minimum absolute atomic E-state index is 0.203. The van der Waals surface area contributed by atoms with E-state index < -0.39 is 0 Å². The zero-order valence-corrected chi connectivity index (χ0v) is 10.5. The van der Waals surface area contributed by atoms with E-state index in [9.17, 15) is 4.79 Å². The molecule has 2 bridgehead atoms. The Bertz CT molecular complexity index is 622. The number of rotatable bonds is 2. The molecule has 1 N–H and O–H groups in total. The highest BCUT2D eigenvalue weighted by molar-refractivity contribution is 5.87. The summed E-state index contributed by atoms with van der Waals surface area (Å²) in [5.74, 6) is 0.203. The van der Waals surface area contributed by atoms with Gasteiger partial charge in [0.25, 0.3) is 0 Å². The number of morpholine rings is 1. The molecule has 98 valence electrons. The van der Waals surface area contributed by atoms with Crippen LogP contribution >= 0.6 is 0 Å². The van der Waals surface area contributed by atoms with Gasteiger partial charge in [-0.25, -0.2) is 4.98 Å². The number of nitrogens with one attached hydrogen (secondary N) is 1. The van der Waals surface area contributed by atoms with Crippen molar-refractivity contribution in [3.8, 4) is 0 Å². The lowest BCUT2D eigenvalue weighted by Crippen LogP contribution is -2.65. The number of H-pyrrole nitrogens is 1. The molecule has 0 saturated carbocycles. The molecular weight excluding hydrogens is 242 g/mol. The Kier molecular flexibility index (Phi) is 2.35. The Morgan fingerprint density at radius 1 is 1.47 bits per heavy atom. The highest BCUT2D eigenvalue weighted by Gasteiger charge is 2.44. The number of hydrogen-bond donors (Lipinski definition) is 1. The monoisotopic (exact) mass is 257 g/mol. The van der Waals surface area contributed by atoms with E-state index in [0.717, 1.165) is 23.0 Å². The average molecular weight is 257 g/mol. The maximum atomic E-state index is 12.4. The van der Waals surface area contributed by atoms with Crippen LogP contribution in [0, 0.1) is 0 Å². The van der Waals surface area contributed by atoms with Gasteiger partial charge in [-0.3, -0.25) is 4.79 Å². The summed E-state index contributed by atoms with van der Waals surface area (Å²) in [7, 11) is 0. The molecule has 2 aromatic rings. The van der Waals surface area contributed by atoms with Gasteiger partial charge in [0.15, 0.2) is 0 Å². The molecule has 5 nitrogen and oxygen atoms in total. The molecule has 0 radical (unpaired) electrons. The highest BCUT2D eigenvalue weighted by atomic mass is 16.5. The molecule has 1 amide bonds. The lowest BCUT2D eigenvalue weighted by molar-refractivity contribution is -0.166. The Balaban J connectivity index is 1.56. The molecular formula is C14H15N3O2. The normalized spacial score (nSPS) is 25.4. The van der Waals surface area contributed by atoms with Gasteiger partial charge in [0, 0.05) is 17.8 Å². The quantitative estimate of drug-likeness (QED) is 0.876.